The van der Waals surface area contributed by atoms with Crippen LogP contribution < -0.4 is 16.0 Å². The van der Waals surface area contributed by atoms with E-state index in [0.29, 0.717) is 0 Å². The van der Waals surface area contributed by atoms with Gasteiger partial charge in [-0.05, 0) is 0 Å². The fraction of sp³-hybridized carbons (Fsp3) is 0.930. The summed E-state index contributed by atoms with van der Waals surface area (Å²) in [5.41, 5.74) is 0. The molecule has 0 aromatic rings. The second-order valence-electron chi connectivity index (χ2n) is 26.1. The van der Waals surface area contributed by atoms with E-state index in [-0.39, 0.29) is 0 Å². The molecule has 602 valence electrons. The second kappa shape index (κ2) is 36.9. The van der Waals surface area contributed by atoms with Gasteiger partial charge in [0.2, 0.25) is 17.7 Å². The van der Waals surface area contributed by atoms with E-state index in [1.165, 1.54) is 0 Å². The van der Waals surface area contributed by atoms with Crippen LogP contribution in [0.2, 0.25) is 0 Å². The molecule has 8 heterocycles. The van der Waals surface area contributed by atoms with Gasteiger partial charge in [0.1, 0.15) is 189 Å². The first-order valence-corrected chi connectivity index (χ1v) is 32.8. The van der Waals surface area contributed by atoms with Crippen molar-refractivity contribution in [3.8, 4) is 0 Å². The van der Waals surface area contributed by atoms with Gasteiger partial charge < -0.3 is 215 Å². The summed E-state index contributed by atoms with van der Waals surface area (Å²) in [7, 11) is 0. The van der Waals surface area contributed by atoms with Crippen LogP contribution in [0.25, 0.3) is 0 Å². The highest BCUT2D eigenvalue weighted by Crippen LogP contribution is 2.40. The van der Waals surface area contributed by atoms with Gasteiger partial charge in [0.25, 0.3) is 5.79 Å². The number of ether oxygens (including phenoxy) is 15. The van der Waals surface area contributed by atoms with Crippen LogP contribution in [0, 0.1) is 0 Å². The molecule has 8 fully saturated rings. The van der Waals surface area contributed by atoms with Gasteiger partial charge in [-0.25, -0.2) is 4.79 Å². The molecule has 8 aliphatic heterocycles. The number of carbonyl (C=O) groups is 4. The molecule has 0 aliphatic carbocycles. The minimum absolute atomic E-state index is 0.824. The smallest absolute Gasteiger partial charge is 0.364 e. The van der Waals surface area contributed by atoms with Crippen molar-refractivity contribution in [2.75, 3.05) is 52.9 Å². The molecule has 104 heavy (non-hydrogen) atoms. The molecule has 47 heteroatoms. The molecule has 1 unspecified atom stereocenters. The number of aliphatic hydroxyl groups is 24. The van der Waals surface area contributed by atoms with Crippen molar-refractivity contribution in [3.05, 3.63) is 0 Å². The van der Waals surface area contributed by atoms with Crippen molar-refractivity contribution in [2.24, 2.45) is 0 Å². The molecule has 3 amide bonds. The van der Waals surface area contributed by atoms with Crippen LogP contribution in [0.1, 0.15) is 27.2 Å². The first-order chi connectivity index (χ1) is 49.0. The molecule has 0 aromatic heterocycles. The van der Waals surface area contributed by atoms with Crippen molar-refractivity contribution in [1.82, 2.24) is 16.0 Å². The van der Waals surface area contributed by atoms with Crippen LogP contribution in [0.15, 0.2) is 0 Å². The lowest BCUT2D eigenvalue weighted by molar-refractivity contribution is -0.386. The Morgan fingerprint density at radius 2 is 0.760 bits per heavy atom. The van der Waals surface area contributed by atoms with Crippen LogP contribution >= 0.6 is 0 Å². The molecule has 41 atom stereocenters. The number of carbonyl (C=O) groups excluding carboxylic acids is 3. The lowest BCUT2D eigenvalue weighted by atomic mass is 9.88. The van der Waals surface area contributed by atoms with E-state index in [4.69, 9.17) is 71.1 Å². The fourth-order valence-corrected chi connectivity index (χ4v) is 13.2. The Bertz CT molecular complexity index is 2740. The van der Waals surface area contributed by atoms with Crippen LogP contribution in [0.4, 0.5) is 0 Å². The molecule has 0 aromatic carbocycles. The van der Waals surface area contributed by atoms with Crippen molar-refractivity contribution in [3.63, 3.8) is 0 Å². The topological polar surface area (TPSA) is 749 Å². The lowest BCUT2D eigenvalue weighted by Gasteiger charge is -2.50. The van der Waals surface area contributed by atoms with Gasteiger partial charge in [-0.2, -0.15) is 0 Å². The first kappa shape index (κ1) is 85.9. The summed E-state index contributed by atoms with van der Waals surface area (Å²) in [6.07, 6.45) is -77.9. The first-order valence-electron chi connectivity index (χ1n) is 32.8. The van der Waals surface area contributed by atoms with E-state index in [2.05, 4.69) is 16.0 Å². The summed E-state index contributed by atoms with van der Waals surface area (Å²) >= 11 is 0. The average Bonchev–Trinajstić information content (AvgIpc) is 0.774. The zero-order valence-electron chi connectivity index (χ0n) is 55.4. The number of carboxylic acid groups (broad SMARTS) is 1. The Morgan fingerprint density at radius 1 is 0.394 bits per heavy atom. The van der Waals surface area contributed by atoms with Gasteiger partial charge in [0.15, 0.2) is 44.0 Å². The maximum Gasteiger partial charge on any atom is 0.364 e. The van der Waals surface area contributed by atoms with Crippen molar-refractivity contribution >= 4 is 23.7 Å². The third-order valence-electron chi connectivity index (χ3n) is 18.8. The molecule has 28 N–H and O–H groups in total. The summed E-state index contributed by atoms with van der Waals surface area (Å²) in [6, 6.07) is -5.51. The van der Waals surface area contributed by atoms with Crippen LogP contribution in [-0.2, 0) is 90.2 Å². The highest BCUT2D eigenvalue weighted by Gasteiger charge is 2.61. The Labute approximate surface area is 587 Å². The van der Waals surface area contributed by atoms with Gasteiger partial charge >= 0.3 is 5.97 Å². The normalized spacial score (nSPS) is 48.0. The van der Waals surface area contributed by atoms with Crippen LogP contribution in [-0.4, -0.2) is 455 Å². The van der Waals surface area contributed by atoms with Crippen LogP contribution in [0.3, 0.4) is 0 Å². The van der Waals surface area contributed by atoms with E-state index in [9.17, 15) is 147 Å². The number of hydrogen-bond acceptors (Lipinski definition) is 43. The summed E-state index contributed by atoms with van der Waals surface area (Å²) in [6.45, 7) is -5.91. The molecule has 8 saturated heterocycles. The second-order valence-corrected chi connectivity index (χ2v) is 26.1. The highest BCUT2D eigenvalue weighted by molar-refractivity contribution is 5.77. The zero-order valence-corrected chi connectivity index (χ0v) is 55.4. The van der Waals surface area contributed by atoms with Crippen LogP contribution in [0.5, 0.6) is 0 Å². The standard InChI is InChI=1S/C57H95N3O44/c1-13(67)58-25-16(70)4-57(56(88)89,104-46(25)28(72)17(71)5-61)91-12-24-30(74)36(80)40(84)53(98-24)99-44-22(10-66)96-51(27(34(44)78)60-15(3)69)102-48-32(76)23(97-55(42(48)86)101-45-20(8-64)92-49(87)38(82)37(45)81)11-90-50-26(59-14(2)68)33(77)43(21(9-65)95-50)100-54-41(85)47(31(75)19(7-63)94-54)103-52-39(83)35(79)29(73)18(6-62)93-52/h16-55,61-66,70-87H,4-12H2,1-3H3,(H,58,67)(H,59,68)(H,60,69)(H,88,89)/t16-,17+,18+,19+,20+,21+,22+,23+,24+,25+,26+,27+,28+,29-,30-,31-,32-,33+,34+,35-,36-,37+,38+,39+,40+,41+,42+,43+,44+,45+,46+,47-,48-,49?,50+,51-,52+,53-,54-,55-,57+/m0/s1. The minimum Gasteiger partial charge on any atom is -0.477 e. The number of aliphatic hydroxyl groups excluding tert-OH is 24. The predicted octanol–water partition coefficient (Wildman–Crippen LogP) is -18.8. The Balaban J connectivity index is 1.02. The number of carboxylic acids is 1. The monoisotopic (exact) mass is 1530 g/mol. The molecule has 8 rings (SSSR count). The van der Waals surface area contributed by atoms with Gasteiger partial charge in [-0.3, -0.25) is 14.4 Å². The SMILES string of the molecule is CC(=O)N[C@H]1[C@H](O[C@H]2[C@@H](O)[C@@H](CO[C@@H]3O[C@H](CO)[C@@H](O[C@@H]4O[C@H](CO)[C@H](O)[C@H](O[C@H]5O[C@H](CO)[C@H](O)[C@H](O)[C@H]5O)[C@H]4O)[C@H](O)[C@H]3NC(C)=O)O[C@@H](O[C@H]3[C@H](O)[C@@H](O)C(O)O[C@@H]3CO)[C@@H]2O)O[C@H](CO)[C@@H](O[C@@H]2O[C@H](CO[C@]3(C(=O)O)C[C@H](O)[C@@H](NC(C)=O)[C@H]([C@H](O)[C@H](O)CO)O3)[C@H](O)[C@H](O)[C@H]2O)[C@@H]1O. The maximum absolute atomic E-state index is 13.0. The summed E-state index contributed by atoms with van der Waals surface area (Å²) in [4.78, 5) is 50.8. The molecular weight excluding hydrogens is 1430 g/mol. The quantitative estimate of drug-likeness (QED) is 0.0346. The van der Waals surface area contributed by atoms with E-state index in [1.54, 1.807) is 0 Å². The van der Waals surface area contributed by atoms with Gasteiger partial charge in [0.05, 0.1) is 65.0 Å². The van der Waals surface area contributed by atoms with Crippen molar-refractivity contribution in [1.29, 1.82) is 0 Å². The predicted molar refractivity (Wildman–Crippen MR) is 316 cm³/mol. The largest absolute Gasteiger partial charge is 0.477 e. The third-order valence-corrected chi connectivity index (χ3v) is 18.8. The maximum atomic E-state index is 13.0. The van der Waals surface area contributed by atoms with E-state index in [0.717, 1.165) is 20.8 Å². The zero-order chi connectivity index (χ0) is 77.0. The van der Waals surface area contributed by atoms with E-state index < -0.39 is 334 Å². The van der Waals surface area contributed by atoms with E-state index in [1.807, 2.05) is 0 Å². The van der Waals surface area contributed by atoms with Crippen molar-refractivity contribution < 1.29 is 218 Å². The average molecular weight is 1530 g/mol. The number of amides is 3. The summed E-state index contributed by atoms with van der Waals surface area (Å²) in [5.74, 6) is -7.81. The molecule has 8 aliphatic rings. The highest BCUT2D eigenvalue weighted by atomic mass is 16.8. The van der Waals surface area contributed by atoms with Gasteiger partial charge in [-0.15, -0.1) is 0 Å². The van der Waals surface area contributed by atoms with E-state index >= 15 is 0 Å². The Morgan fingerprint density at radius 3 is 1.22 bits per heavy atom. The fourth-order valence-electron chi connectivity index (χ4n) is 13.2. The molecule has 0 spiro atoms. The number of aliphatic carboxylic acids is 1. The van der Waals surface area contributed by atoms with Crippen molar-refractivity contribution in [2.45, 2.75) is 278 Å². The molecule has 47 nitrogen and oxygen atoms in total. The molecular formula is C57H95N3O44. The third kappa shape index (κ3) is 18.7. The molecule has 0 bridgehead atoms. The lowest BCUT2D eigenvalue weighted by Crippen LogP contribution is -2.70. The number of rotatable bonds is 28. The number of hydrogen-bond donors (Lipinski definition) is 28. The Hall–Kier alpha value is -3.68. The summed E-state index contributed by atoms with van der Waals surface area (Å²) in [5, 5.41) is 279. The summed E-state index contributed by atoms with van der Waals surface area (Å²) < 4.78 is 86.3. The molecule has 0 saturated carbocycles. The minimum atomic E-state index is -3.05. The number of nitrogens with one attached hydrogen (secondary N) is 3. The van der Waals surface area contributed by atoms with Gasteiger partial charge in [-0.1, -0.05) is 0 Å². The van der Waals surface area contributed by atoms with Gasteiger partial charge in [0, 0.05) is 27.2 Å². The Kier molecular flexibility index (Phi) is 30.5. The molecule has 0 radical (unpaired) electrons.